The monoisotopic (exact) mass is 711 g/mol. The minimum Gasteiger partial charge on any atom is -0.311 e. The van der Waals surface area contributed by atoms with Crippen LogP contribution in [-0.4, -0.2) is 6.71 Å². The average Bonchev–Trinajstić information content (AvgIpc) is 3.80. The Hall–Kier alpha value is -5.04. The van der Waals surface area contributed by atoms with Gasteiger partial charge in [0.15, 0.2) is 0 Å². The second-order valence-electron chi connectivity index (χ2n) is 15.9. The van der Waals surface area contributed by atoms with E-state index in [4.69, 9.17) is 0 Å². The van der Waals surface area contributed by atoms with Crippen LogP contribution in [0.5, 0.6) is 0 Å². The smallest absolute Gasteiger partial charge is 0.277 e. The van der Waals surface area contributed by atoms with Crippen molar-refractivity contribution >= 4 is 95.6 Å². The molecule has 2 aromatic heterocycles. The van der Waals surface area contributed by atoms with Gasteiger partial charge in [0.25, 0.3) is 6.71 Å². The van der Waals surface area contributed by atoms with Crippen LogP contribution in [0.1, 0.15) is 51.3 Å². The van der Waals surface area contributed by atoms with Crippen molar-refractivity contribution in [3.05, 3.63) is 155 Å². The van der Waals surface area contributed by atoms with E-state index in [1.165, 1.54) is 58.9 Å². The van der Waals surface area contributed by atoms with Crippen LogP contribution < -0.4 is 29.7 Å². The van der Waals surface area contributed by atoms with Crippen molar-refractivity contribution in [1.82, 2.24) is 0 Å². The Morgan fingerprint density at radius 3 is 1.17 bits per heavy atom. The normalized spacial score (nSPS) is 13.5. The summed E-state index contributed by atoms with van der Waals surface area (Å²) in [4.78, 5) is 10.3. The third-order valence-electron chi connectivity index (χ3n) is 10.2. The van der Waals surface area contributed by atoms with E-state index in [0.29, 0.717) is 0 Å². The first-order valence-corrected chi connectivity index (χ1v) is 19.8. The SMILES string of the molecule is CC(C)(C)c1cc2c(s1)B1c3sc(C(C)(C)C)cc3N(c3ccccc3)c3cc(N(c4ccccc4)c4ccccc4)cc(c31)N2c1ccccc1. The topological polar surface area (TPSA) is 9.72 Å². The Bertz CT molecular complexity index is 2220. The predicted octanol–water partition coefficient (Wildman–Crippen LogP) is 12.0. The predicted molar refractivity (Wildman–Crippen MR) is 228 cm³/mol. The van der Waals surface area contributed by atoms with Crippen LogP contribution in [0.25, 0.3) is 0 Å². The Morgan fingerprint density at radius 1 is 0.442 bits per heavy atom. The molecule has 2 aliphatic heterocycles. The molecular formula is C46H42BN3S2. The first-order valence-electron chi connectivity index (χ1n) is 18.1. The number of nitrogens with zero attached hydrogens (tertiary/aromatic N) is 3. The van der Waals surface area contributed by atoms with Crippen molar-refractivity contribution in [3.8, 4) is 0 Å². The lowest BCUT2D eigenvalue weighted by molar-refractivity contribution is 0.603. The molecule has 256 valence electrons. The van der Waals surface area contributed by atoms with E-state index < -0.39 is 0 Å². The minimum absolute atomic E-state index is 0.0154. The van der Waals surface area contributed by atoms with Gasteiger partial charge in [-0.05, 0) is 89.1 Å². The summed E-state index contributed by atoms with van der Waals surface area (Å²) in [7, 11) is 0. The highest BCUT2D eigenvalue weighted by molar-refractivity contribution is 7.36. The lowest BCUT2D eigenvalue weighted by Crippen LogP contribution is -2.59. The Morgan fingerprint density at radius 2 is 0.808 bits per heavy atom. The van der Waals surface area contributed by atoms with Crippen molar-refractivity contribution in [2.75, 3.05) is 14.7 Å². The van der Waals surface area contributed by atoms with Gasteiger partial charge >= 0.3 is 0 Å². The van der Waals surface area contributed by atoms with Crippen LogP contribution >= 0.6 is 22.7 Å². The molecule has 0 atom stereocenters. The van der Waals surface area contributed by atoms with E-state index in [1.807, 2.05) is 22.7 Å². The van der Waals surface area contributed by atoms with E-state index >= 15 is 0 Å². The maximum atomic E-state index is 2.54. The highest BCUT2D eigenvalue weighted by Gasteiger charge is 2.47. The molecule has 0 N–H and O–H groups in total. The summed E-state index contributed by atoms with van der Waals surface area (Å²) in [6.45, 7) is 14.2. The zero-order chi connectivity index (χ0) is 35.8. The van der Waals surface area contributed by atoms with Crippen molar-refractivity contribution < 1.29 is 0 Å². The second-order valence-corrected chi connectivity index (χ2v) is 18.1. The lowest BCUT2D eigenvalue weighted by Gasteiger charge is -2.42. The van der Waals surface area contributed by atoms with Crippen LogP contribution in [-0.2, 0) is 10.8 Å². The van der Waals surface area contributed by atoms with Crippen LogP contribution in [0.2, 0.25) is 0 Å². The third-order valence-corrected chi connectivity index (χ3v) is 13.4. The first kappa shape index (κ1) is 32.8. The summed E-state index contributed by atoms with van der Waals surface area (Å²) in [6.07, 6.45) is 0. The molecule has 0 amide bonds. The highest BCUT2D eigenvalue weighted by Crippen LogP contribution is 2.51. The highest BCUT2D eigenvalue weighted by atomic mass is 32.1. The summed E-state index contributed by atoms with van der Waals surface area (Å²) >= 11 is 3.99. The van der Waals surface area contributed by atoms with Crippen LogP contribution in [0.15, 0.2) is 146 Å². The maximum Gasteiger partial charge on any atom is 0.277 e. The van der Waals surface area contributed by atoms with E-state index in [0.717, 1.165) is 17.1 Å². The number of thiophene rings is 2. The molecule has 3 nitrogen and oxygen atoms in total. The molecular weight excluding hydrogens is 669 g/mol. The minimum atomic E-state index is 0.0154. The molecule has 4 heterocycles. The molecule has 0 spiro atoms. The zero-order valence-electron chi connectivity index (χ0n) is 30.6. The molecule has 0 radical (unpaired) electrons. The standard InChI is InChI=1S/C46H42BN3S2/c1-45(2,3)40-29-38-43(51-40)47-42-36(49(38)33-23-15-9-16-24-33)27-35(48(31-19-11-7-12-20-31)32-21-13-8-14-22-32)28-37(42)50(34-25-17-10-18-26-34)39-30-41(46(4,5)6)52-44(39)47/h7-30H,1-6H3. The number of anilines is 9. The molecule has 6 heteroatoms. The van der Waals surface area contributed by atoms with Gasteiger partial charge in [0.2, 0.25) is 0 Å². The maximum absolute atomic E-state index is 2.54. The van der Waals surface area contributed by atoms with Crippen LogP contribution in [0.4, 0.5) is 51.2 Å². The fourth-order valence-corrected chi connectivity index (χ4v) is 10.4. The molecule has 0 saturated heterocycles. The number of hydrogen-bond acceptors (Lipinski definition) is 5. The Labute approximate surface area is 316 Å². The number of rotatable bonds is 5. The summed E-state index contributed by atoms with van der Waals surface area (Å²) in [5.41, 5.74) is 12.1. The van der Waals surface area contributed by atoms with E-state index in [2.05, 4.69) is 202 Å². The van der Waals surface area contributed by atoms with Crippen molar-refractivity contribution in [1.29, 1.82) is 0 Å². The summed E-state index contributed by atoms with van der Waals surface area (Å²) in [6, 6.07) is 53.4. The van der Waals surface area contributed by atoms with Gasteiger partial charge < -0.3 is 14.7 Å². The van der Waals surface area contributed by atoms with Gasteiger partial charge in [-0.25, -0.2) is 0 Å². The molecule has 52 heavy (non-hydrogen) atoms. The zero-order valence-corrected chi connectivity index (χ0v) is 32.2. The third kappa shape index (κ3) is 5.39. The Balaban J connectivity index is 1.42. The molecule has 5 aromatic carbocycles. The van der Waals surface area contributed by atoms with Gasteiger partial charge in [-0.15, -0.1) is 0 Å². The van der Waals surface area contributed by atoms with Crippen molar-refractivity contribution in [2.24, 2.45) is 0 Å². The van der Waals surface area contributed by atoms with Gasteiger partial charge in [-0.1, -0.05) is 114 Å². The van der Waals surface area contributed by atoms with Crippen LogP contribution in [0, 0.1) is 0 Å². The first-order chi connectivity index (χ1) is 25.1. The molecule has 7 aromatic rings. The average molecular weight is 712 g/mol. The fraction of sp³-hybridized carbons (Fsp3) is 0.174. The number of benzene rings is 5. The van der Waals surface area contributed by atoms with E-state index in [9.17, 15) is 0 Å². The Kier molecular flexibility index (Phi) is 7.76. The summed E-state index contributed by atoms with van der Waals surface area (Å²) in [5, 5.41) is 0. The second kappa shape index (κ2) is 12.3. The number of para-hydroxylation sites is 4. The molecule has 2 aliphatic rings. The van der Waals surface area contributed by atoms with Gasteiger partial charge in [0.1, 0.15) is 0 Å². The van der Waals surface area contributed by atoms with Crippen molar-refractivity contribution in [2.45, 2.75) is 52.4 Å². The van der Waals surface area contributed by atoms with Gasteiger partial charge in [0.05, 0.1) is 17.1 Å². The molecule has 0 aliphatic carbocycles. The lowest BCUT2D eigenvalue weighted by atomic mass is 9.39. The molecule has 0 fully saturated rings. The molecule has 0 bridgehead atoms. The van der Waals surface area contributed by atoms with Crippen molar-refractivity contribution in [3.63, 3.8) is 0 Å². The number of hydrogen-bond donors (Lipinski definition) is 0. The molecule has 9 rings (SSSR count). The van der Waals surface area contributed by atoms with E-state index in [1.54, 1.807) is 0 Å². The quantitative estimate of drug-likeness (QED) is 0.165. The van der Waals surface area contributed by atoms with Gasteiger partial charge in [0, 0.05) is 53.4 Å². The summed E-state index contributed by atoms with van der Waals surface area (Å²) < 4.78 is 2.85. The molecule has 0 saturated carbocycles. The van der Waals surface area contributed by atoms with Gasteiger partial charge in [-0.3, -0.25) is 0 Å². The fourth-order valence-electron chi connectivity index (χ4n) is 7.65. The van der Waals surface area contributed by atoms with E-state index in [-0.39, 0.29) is 17.5 Å². The number of fused-ring (bicyclic) bond motifs is 4. The summed E-state index contributed by atoms with van der Waals surface area (Å²) in [5.74, 6) is 0. The van der Waals surface area contributed by atoms with Crippen LogP contribution in [0.3, 0.4) is 0 Å². The largest absolute Gasteiger partial charge is 0.311 e. The van der Waals surface area contributed by atoms with Gasteiger partial charge in [-0.2, -0.15) is 22.7 Å². The molecule has 0 unspecified atom stereocenters.